The number of nitrogens with one attached hydrogen (secondary N) is 4. The van der Waals surface area contributed by atoms with Crippen molar-refractivity contribution in [1.29, 1.82) is 0 Å². The molecule has 2 aromatic rings. The molecule has 26 heavy (non-hydrogen) atoms. The van der Waals surface area contributed by atoms with Gasteiger partial charge in [0.05, 0.1) is 13.2 Å². The number of para-hydroxylation sites is 2. The van der Waals surface area contributed by atoms with Gasteiger partial charge in [-0.1, -0.05) is 36.4 Å². The van der Waals surface area contributed by atoms with Gasteiger partial charge in [-0.2, -0.15) is 0 Å². The second-order valence-corrected chi connectivity index (χ2v) is 6.33. The molecule has 0 saturated carbocycles. The molecular weight excluding hydrogens is 368 g/mol. The monoisotopic (exact) mass is 388 g/mol. The zero-order valence-corrected chi connectivity index (χ0v) is 15.6. The average Bonchev–Trinajstić information content (AvgIpc) is 2.65. The van der Waals surface area contributed by atoms with E-state index in [-0.39, 0.29) is 0 Å². The first-order chi connectivity index (χ1) is 12.7. The Hall–Kier alpha value is -2.26. The molecule has 2 atom stereocenters. The van der Waals surface area contributed by atoms with Crippen molar-refractivity contribution >= 4 is 46.0 Å². The van der Waals surface area contributed by atoms with Crippen molar-refractivity contribution in [3.63, 3.8) is 0 Å². The summed E-state index contributed by atoms with van der Waals surface area (Å²) in [6.07, 6.45) is -0.939. The molecule has 4 N–H and O–H groups in total. The van der Waals surface area contributed by atoms with Crippen LogP contribution >= 0.6 is 24.4 Å². The summed E-state index contributed by atoms with van der Waals surface area (Å²) in [4.78, 5) is 0. The van der Waals surface area contributed by atoms with E-state index in [2.05, 4.69) is 21.3 Å². The summed E-state index contributed by atoms with van der Waals surface area (Å²) in [5.74, 6) is 0. The Morgan fingerprint density at radius 2 is 1.08 bits per heavy atom. The molecule has 3 rings (SSSR count). The van der Waals surface area contributed by atoms with Crippen molar-refractivity contribution < 1.29 is 9.47 Å². The molecule has 0 bridgehead atoms. The standard InChI is InChI=1S/C18H20N4O2S2/c25-17(19-13-7-3-1-4-8-13)21-15-16(24-12-11-23-15)22-18(26)20-14-9-5-2-6-10-14/h1-10,15-16H,11-12H2,(H2,19,21,25)(H2,20,22,26). The van der Waals surface area contributed by atoms with Crippen LogP contribution in [0.2, 0.25) is 0 Å². The van der Waals surface area contributed by atoms with Gasteiger partial charge in [-0.05, 0) is 48.7 Å². The number of benzene rings is 2. The molecule has 0 amide bonds. The lowest BCUT2D eigenvalue weighted by molar-refractivity contribution is -0.149. The third-order valence-corrected chi connectivity index (χ3v) is 4.00. The topological polar surface area (TPSA) is 66.6 Å². The van der Waals surface area contributed by atoms with Gasteiger partial charge in [-0.3, -0.25) is 0 Å². The molecule has 8 heteroatoms. The zero-order chi connectivity index (χ0) is 18.2. The summed E-state index contributed by atoms with van der Waals surface area (Å²) < 4.78 is 11.5. The maximum Gasteiger partial charge on any atom is 0.174 e. The minimum Gasteiger partial charge on any atom is -0.351 e. The Morgan fingerprint density at radius 1 is 0.692 bits per heavy atom. The summed E-state index contributed by atoms with van der Waals surface area (Å²) in [5.41, 5.74) is 1.79. The molecule has 0 aliphatic carbocycles. The maximum atomic E-state index is 5.74. The van der Waals surface area contributed by atoms with Crippen LogP contribution in [0.4, 0.5) is 11.4 Å². The maximum absolute atomic E-state index is 5.74. The minimum absolute atomic E-state index is 0.445. The van der Waals surface area contributed by atoms with Crippen molar-refractivity contribution in [3.05, 3.63) is 60.7 Å². The Balaban J connectivity index is 1.53. The highest BCUT2D eigenvalue weighted by atomic mass is 32.1. The van der Waals surface area contributed by atoms with E-state index in [4.69, 9.17) is 33.9 Å². The van der Waals surface area contributed by atoms with E-state index in [0.717, 1.165) is 11.4 Å². The van der Waals surface area contributed by atoms with Crippen LogP contribution in [0.25, 0.3) is 0 Å². The summed E-state index contributed by atoms with van der Waals surface area (Å²) in [6, 6.07) is 19.4. The van der Waals surface area contributed by atoms with Crippen molar-refractivity contribution in [1.82, 2.24) is 10.6 Å². The van der Waals surface area contributed by atoms with Crippen molar-refractivity contribution in [2.75, 3.05) is 23.8 Å². The molecule has 0 radical (unpaired) electrons. The van der Waals surface area contributed by atoms with Crippen LogP contribution in [0.5, 0.6) is 0 Å². The lowest BCUT2D eigenvalue weighted by Crippen LogP contribution is -2.58. The van der Waals surface area contributed by atoms with Crippen LogP contribution in [-0.4, -0.2) is 35.9 Å². The van der Waals surface area contributed by atoms with Crippen LogP contribution in [0.3, 0.4) is 0 Å². The summed E-state index contributed by atoms with van der Waals surface area (Å²) in [7, 11) is 0. The highest BCUT2D eigenvalue weighted by Gasteiger charge is 2.28. The highest BCUT2D eigenvalue weighted by molar-refractivity contribution is 7.80. The average molecular weight is 389 g/mol. The van der Waals surface area contributed by atoms with Gasteiger partial charge >= 0.3 is 0 Å². The number of hydrogen-bond acceptors (Lipinski definition) is 4. The number of thiocarbonyl (C=S) groups is 2. The van der Waals surface area contributed by atoms with E-state index in [1.54, 1.807) is 0 Å². The summed E-state index contributed by atoms with van der Waals surface area (Å²) in [5, 5.41) is 13.3. The Kier molecular flexibility index (Phi) is 6.73. The largest absolute Gasteiger partial charge is 0.351 e. The second kappa shape index (κ2) is 9.44. The lowest BCUT2D eigenvalue weighted by Gasteiger charge is -2.34. The molecular formula is C18H20N4O2S2. The van der Waals surface area contributed by atoms with Crippen LogP contribution in [0.15, 0.2) is 60.7 Å². The molecule has 1 saturated heterocycles. The molecule has 1 fully saturated rings. The fraction of sp³-hybridized carbons (Fsp3) is 0.222. The second-order valence-electron chi connectivity index (χ2n) is 5.51. The predicted octanol–water partition coefficient (Wildman–Crippen LogP) is 2.66. The van der Waals surface area contributed by atoms with Gasteiger partial charge in [0.25, 0.3) is 0 Å². The third-order valence-electron chi connectivity index (χ3n) is 3.56. The fourth-order valence-electron chi connectivity index (χ4n) is 2.40. The normalized spacial score (nSPS) is 19.2. The molecule has 1 heterocycles. The Labute approximate surface area is 163 Å². The first kappa shape index (κ1) is 18.5. The number of hydrogen-bond donors (Lipinski definition) is 4. The molecule has 0 aromatic heterocycles. The van der Waals surface area contributed by atoms with Crippen LogP contribution < -0.4 is 21.3 Å². The van der Waals surface area contributed by atoms with Gasteiger partial charge in [0.15, 0.2) is 22.7 Å². The smallest absolute Gasteiger partial charge is 0.174 e. The van der Waals surface area contributed by atoms with Gasteiger partial charge in [0.2, 0.25) is 0 Å². The quantitative estimate of drug-likeness (QED) is 0.596. The van der Waals surface area contributed by atoms with Crippen molar-refractivity contribution in [2.24, 2.45) is 0 Å². The first-order valence-corrected chi connectivity index (χ1v) is 9.01. The Morgan fingerprint density at radius 3 is 1.46 bits per heavy atom. The van der Waals surface area contributed by atoms with E-state index < -0.39 is 12.5 Å². The van der Waals surface area contributed by atoms with E-state index in [1.165, 1.54) is 0 Å². The number of rotatable bonds is 4. The molecule has 2 unspecified atom stereocenters. The predicted molar refractivity (Wildman–Crippen MR) is 111 cm³/mol. The zero-order valence-electron chi connectivity index (χ0n) is 14.0. The van der Waals surface area contributed by atoms with Gasteiger partial charge in [0.1, 0.15) is 0 Å². The van der Waals surface area contributed by atoms with E-state index >= 15 is 0 Å². The van der Waals surface area contributed by atoms with Crippen LogP contribution in [0.1, 0.15) is 0 Å². The molecule has 0 spiro atoms. The van der Waals surface area contributed by atoms with Gasteiger partial charge in [0, 0.05) is 11.4 Å². The van der Waals surface area contributed by atoms with E-state index in [9.17, 15) is 0 Å². The van der Waals surface area contributed by atoms with Gasteiger partial charge in [-0.25, -0.2) is 0 Å². The van der Waals surface area contributed by atoms with Crippen molar-refractivity contribution in [2.45, 2.75) is 12.5 Å². The van der Waals surface area contributed by atoms with Crippen LogP contribution in [0, 0.1) is 0 Å². The Bertz CT molecular complexity index is 667. The van der Waals surface area contributed by atoms with Crippen LogP contribution in [-0.2, 0) is 9.47 Å². The van der Waals surface area contributed by atoms with Gasteiger partial charge in [-0.15, -0.1) is 0 Å². The molecule has 2 aromatic carbocycles. The highest BCUT2D eigenvalue weighted by Crippen LogP contribution is 2.10. The van der Waals surface area contributed by atoms with E-state index in [1.807, 2.05) is 60.7 Å². The molecule has 136 valence electrons. The summed E-state index contributed by atoms with van der Waals surface area (Å²) in [6.45, 7) is 0.950. The lowest BCUT2D eigenvalue weighted by atomic mass is 10.3. The molecule has 1 aliphatic rings. The van der Waals surface area contributed by atoms with Gasteiger partial charge < -0.3 is 30.7 Å². The SMILES string of the molecule is S=C(Nc1ccccc1)NC1OCCOC1NC(=S)Nc1ccccc1. The molecule has 1 aliphatic heterocycles. The van der Waals surface area contributed by atoms with E-state index in [0.29, 0.717) is 23.4 Å². The number of ether oxygens (including phenoxy) is 2. The molecule has 6 nitrogen and oxygen atoms in total. The minimum atomic E-state index is -0.469. The van der Waals surface area contributed by atoms with Crippen molar-refractivity contribution in [3.8, 4) is 0 Å². The summed E-state index contributed by atoms with van der Waals surface area (Å²) >= 11 is 10.7. The first-order valence-electron chi connectivity index (χ1n) is 8.19. The fourth-order valence-corrected chi connectivity index (χ4v) is 2.86. The third kappa shape index (κ3) is 5.63. The number of anilines is 2.